The van der Waals surface area contributed by atoms with Gasteiger partial charge in [-0.15, -0.1) is 0 Å². The lowest BCUT2D eigenvalue weighted by Crippen LogP contribution is -2.34. The van der Waals surface area contributed by atoms with Gasteiger partial charge in [-0.2, -0.15) is 0 Å². The SMILES string of the molecule is CCCCCC(C)(C)CNS(=O)(=O)c1ccc(C)cc1Br. The fraction of sp³-hybridized carbons (Fsp3) is 0.625. The van der Waals surface area contributed by atoms with Crippen LogP contribution in [0.2, 0.25) is 0 Å². The van der Waals surface area contributed by atoms with Crippen molar-refractivity contribution in [1.82, 2.24) is 4.72 Å². The van der Waals surface area contributed by atoms with Crippen molar-refractivity contribution in [3.05, 3.63) is 28.2 Å². The molecule has 3 nitrogen and oxygen atoms in total. The molecule has 0 aromatic heterocycles. The van der Waals surface area contributed by atoms with Gasteiger partial charge in [0.2, 0.25) is 10.0 Å². The van der Waals surface area contributed by atoms with E-state index in [1.54, 1.807) is 6.07 Å². The van der Waals surface area contributed by atoms with Crippen LogP contribution >= 0.6 is 15.9 Å². The van der Waals surface area contributed by atoms with Crippen molar-refractivity contribution >= 4 is 26.0 Å². The van der Waals surface area contributed by atoms with Crippen LogP contribution in [-0.2, 0) is 10.0 Å². The number of aryl methyl sites for hydroxylation is 1. The molecule has 0 amide bonds. The highest BCUT2D eigenvalue weighted by Crippen LogP contribution is 2.26. The molecule has 0 heterocycles. The Labute approximate surface area is 137 Å². The summed E-state index contributed by atoms with van der Waals surface area (Å²) in [7, 11) is -3.47. The molecule has 0 atom stereocenters. The molecule has 0 radical (unpaired) electrons. The van der Waals surface area contributed by atoms with Crippen molar-refractivity contribution in [2.75, 3.05) is 6.54 Å². The van der Waals surface area contributed by atoms with Crippen LogP contribution in [0.1, 0.15) is 52.0 Å². The van der Waals surface area contributed by atoms with E-state index in [9.17, 15) is 8.42 Å². The summed E-state index contributed by atoms with van der Waals surface area (Å²) in [6.45, 7) is 8.78. The van der Waals surface area contributed by atoms with Crippen molar-refractivity contribution in [1.29, 1.82) is 0 Å². The van der Waals surface area contributed by atoms with E-state index in [0.717, 1.165) is 18.4 Å². The van der Waals surface area contributed by atoms with Crippen LogP contribution < -0.4 is 4.72 Å². The monoisotopic (exact) mass is 375 g/mol. The van der Waals surface area contributed by atoms with Crippen molar-refractivity contribution in [3.8, 4) is 0 Å². The lowest BCUT2D eigenvalue weighted by molar-refractivity contribution is 0.320. The van der Waals surface area contributed by atoms with Crippen LogP contribution in [0.5, 0.6) is 0 Å². The zero-order chi connectivity index (χ0) is 16.1. The first kappa shape index (κ1) is 18.7. The van der Waals surface area contributed by atoms with Gasteiger partial charge >= 0.3 is 0 Å². The zero-order valence-electron chi connectivity index (χ0n) is 13.4. The molecule has 0 spiro atoms. The molecule has 1 rings (SSSR count). The Morgan fingerprint density at radius 3 is 2.48 bits per heavy atom. The van der Waals surface area contributed by atoms with E-state index in [4.69, 9.17) is 0 Å². The van der Waals surface area contributed by atoms with E-state index in [0.29, 0.717) is 15.9 Å². The summed E-state index contributed by atoms with van der Waals surface area (Å²) in [4.78, 5) is 0.303. The summed E-state index contributed by atoms with van der Waals surface area (Å²) in [5.74, 6) is 0. The Balaban J connectivity index is 2.72. The van der Waals surface area contributed by atoms with Crippen molar-refractivity contribution in [2.24, 2.45) is 5.41 Å². The highest BCUT2D eigenvalue weighted by molar-refractivity contribution is 9.10. The second-order valence-corrected chi connectivity index (χ2v) is 8.97. The second kappa shape index (κ2) is 7.75. The number of nitrogens with one attached hydrogen (secondary N) is 1. The molecule has 1 aromatic carbocycles. The molecule has 0 bridgehead atoms. The lowest BCUT2D eigenvalue weighted by Gasteiger charge is -2.25. The smallest absolute Gasteiger partial charge is 0.211 e. The predicted molar refractivity (Wildman–Crippen MR) is 92.0 cm³/mol. The van der Waals surface area contributed by atoms with Gasteiger partial charge in [0.15, 0.2) is 0 Å². The van der Waals surface area contributed by atoms with Crippen molar-refractivity contribution in [2.45, 2.75) is 58.3 Å². The number of rotatable bonds is 8. The maximum absolute atomic E-state index is 12.4. The Morgan fingerprint density at radius 2 is 1.90 bits per heavy atom. The van der Waals surface area contributed by atoms with Gasteiger partial charge in [0, 0.05) is 11.0 Å². The average molecular weight is 376 g/mol. The number of unbranched alkanes of at least 4 members (excludes halogenated alkanes) is 2. The van der Waals surface area contributed by atoms with Gasteiger partial charge < -0.3 is 0 Å². The Hall–Kier alpha value is -0.390. The van der Waals surface area contributed by atoms with Gasteiger partial charge in [0.05, 0.1) is 4.90 Å². The molecule has 0 aliphatic rings. The fourth-order valence-corrected chi connectivity index (χ4v) is 4.57. The normalized spacial score (nSPS) is 12.6. The largest absolute Gasteiger partial charge is 0.241 e. The molecule has 0 saturated carbocycles. The van der Waals surface area contributed by atoms with Gasteiger partial charge in [0.25, 0.3) is 0 Å². The van der Waals surface area contributed by atoms with E-state index < -0.39 is 10.0 Å². The molecule has 1 N–H and O–H groups in total. The quantitative estimate of drug-likeness (QED) is 0.672. The second-order valence-electron chi connectivity index (χ2n) is 6.38. The first-order valence-electron chi connectivity index (χ1n) is 7.44. The molecule has 0 unspecified atom stereocenters. The number of hydrogen-bond acceptors (Lipinski definition) is 2. The minimum Gasteiger partial charge on any atom is -0.211 e. The number of hydrogen-bond donors (Lipinski definition) is 1. The molecule has 1 aromatic rings. The van der Waals surface area contributed by atoms with Gasteiger partial charge in [-0.25, -0.2) is 13.1 Å². The van der Waals surface area contributed by atoms with E-state index in [1.807, 2.05) is 19.1 Å². The third kappa shape index (κ3) is 6.09. The summed E-state index contributed by atoms with van der Waals surface area (Å²) in [6.07, 6.45) is 4.54. The molecular formula is C16H26BrNO2S. The highest BCUT2D eigenvalue weighted by atomic mass is 79.9. The minimum atomic E-state index is -3.47. The van der Waals surface area contributed by atoms with Crippen LogP contribution in [0, 0.1) is 12.3 Å². The zero-order valence-corrected chi connectivity index (χ0v) is 15.8. The number of benzene rings is 1. The molecule has 0 saturated heterocycles. The summed E-state index contributed by atoms with van der Waals surface area (Å²) < 4.78 is 28.2. The van der Waals surface area contributed by atoms with Crippen LogP contribution in [-0.4, -0.2) is 15.0 Å². The third-order valence-electron chi connectivity index (χ3n) is 3.57. The summed E-state index contributed by atoms with van der Waals surface area (Å²) in [5, 5.41) is 0. The molecule has 21 heavy (non-hydrogen) atoms. The third-order valence-corrected chi connectivity index (χ3v) is 5.95. The maximum atomic E-state index is 12.4. The highest BCUT2D eigenvalue weighted by Gasteiger charge is 2.23. The van der Waals surface area contributed by atoms with Gasteiger partial charge in [-0.3, -0.25) is 0 Å². The first-order chi connectivity index (χ1) is 9.68. The molecule has 0 aliphatic heterocycles. The summed E-state index contributed by atoms with van der Waals surface area (Å²) in [6, 6.07) is 5.28. The topological polar surface area (TPSA) is 46.2 Å². The van der Waals surface area contributed by atoms with Crippen molar-refractivity contribution in [3.63, 3.8) is 0 Å². The van der Waals surface area contributed by atoms with E-state index >= 15 is 0 Å². The molecule has 5 heteroatoms. The Morgan fingerprint density at radius 1 is 1.24 bits per heavy atom. The standard InChI is InChI=1S/C16H26BrNO2S/c1-5-6-7-10-16(3,4)12-18-21(19,20)15-9-8-13(2)11-14(15)17/h8-9,11,18H,5-7,10,12H2,1-4H3. The fourth-order valence-electron chi connectivity index (χ4n) is 2.13. The van der Waals surface area contributed by atoms with E-state index in [-0.39, 0.29) is 5.41 Å². The average Bonchev–Trinajstić information content (AvgIpc) is 2.36. The minimum absolute atomic E-state index is 0.0284. The maximum Gasteiger partial charge on any atom is 0.241 e. The van der Waals surface area contributed by atoms with Gasteiger partial charge in [-0.1, -0.05) is 46.1 Å². The van der Waals surface area contributed by atoms with Crippen LogP contribution in [0.4, 0.5) is 0 Å². The van der Waals surface area contributed by atoms with Gasteiger partial charge in [0.1, 0.15) is 0 Å². The number of sulfonamides is 1. The van der Waals surface area contributed by atoms with Crippen LogP contribution in [0.25, 0.3) is 0 Å². The molecule has 0 fully saturated rings. The molecule has 120 valence electrons. The Bertz CT molecular complexity index is 568. The first-order valence-corrected chi connectivity index (χ1v) is 9.71. The van der Waals surface area contributed by atoms with Crippen LogP contribution in [0.3, 0.4) is 0 Å². The van der Waals surface area contributed by atoms with E-state index in [1.165, 1.54) is 12.8 Å². The Kier molecular flexibility index (Phi) is 6.88. The van der Waals surface area contributed by atoms with Crippen LogP contribution in [0.15, 0.2) is 27.6 Å². The summed E-state index contributed by atoms with van der Waals surface area (Å²) in [5.41, 5.74) is 1.00. The van der Waals surface area contributed by atoms with E-state index in [2.05, 4.69) is 41.4 Å². The molecular weight excluding hydrogens is 350 g/mol. The van der Waals surface area contributed by atoms with Gasteiger partial charge in [-0.05, 0) is 52.4 Å². The van der Waals surface area contributed by atoms with Crippen molar-refractivity contribution < 1.29 is 8.42 Å². The summed E-state index contributed by atoms with van der Waals surface area (Å²) >= 11 is 3.34. The molecule has 0 aliphatic carbocycles. The number of halogens is 1. The predicted octanol–water partition coefficient (Wildman–Crippen LogP) is 4.64. The lowest BCUT2D eigenvalue weighted by atomic mass is 9.87.